The van der Waals surface area contributed by atoms with Crippen LogP contribution >= 0.6 is 0 Å². The van der Waals surface area contributed by atoms with Gasteiger partial charge in [-0.25, -0.2) is 18.7 Å². The van der Waals surface area contributed by atoms with Gasteiger partial charge in [0.05, 0.1) is 11.6 Å². The molecule has 0 aromatic carbocycles. The number of pyridine rings is 2. The Labute approximate surface area is 66.9 Å². The van der Waals surface area contributed by atoms with Crippen LogP contribution in [0.2, 0.25) is 0 Å². The Morgan fingerprint density at radius 3 is 2.83 bits per heavy atom. The Morgan fingerprint density at radius 1 is 1.17 bits per heavy atom. The molecule has 2 aromatic rings. The van der Waals surface area contributed by atoms with Gasteiger partial charge in [-0.15, -0.1) is 0 Å². The SMILES string of the molecule is Fc1cnc2ncccc2c1F. The van der Waals surface area contributed by atoms with Gasteiger partial charge < -0.3 is 0 Å². The van der Waals surface area contributed by atoms with Crippen LogP contribution < -0.4 is 0 Å². The highest BCUT2D eigenvalue weighted by Gasteiger charge is 2.06. The molecule has 0 aliphatic rings. The second kappa shape index (κ2) is 2.48. The predicted octanol–water partition coefficient (Wildman–Crippen LogP) is 1.91. The van der Waals surface area contributed by atoms with E-state index >= 15 is 0 Å². The summed E-state index contributed by atoms with van der Waals surface area (Å²) < 4.78 is 25.5. The minimum atomic E-state index is -0.949. The fourth-order valence-corrected chi connectivity index (χ4v) is 0.974. The van der Waals surface area contributed by atoms with Crippen LogP contribution in [0.25, 0.3) is 11.0 Å². The third-order valence-corrected chi connectivity index (χ3v) is 1.53. The number of aromatic nitrogens is 2. The topological polar surface area (TPSA) is 25.8 Å². The van der Waals surface area contributed by atoms with Crippen molar-refractivity contribution in [2.45, 2.75) is 0 Å². The molecule has 0 N–H and O–H groups in total. The number of hydrogen-bond donors (Lipinski definition) is 0. The summed E-state index contributed by atoms with van der Waals surface area (Å²) in [4.78, 5) is 7.38. The summed E-state index contributed by atoms with van der Waals surface area (Å²) in [5.41, 5.74) is 0.219. The van der Waals surface area contributed by atoms with E-state index in [1.807, 2.05) is 0 Å². The Bertz CT molecular complexity index is 428. The largest absolute Gasteiger partial charge is 0.237 e. The summed E-state index contributed by atoms with van der Waals surface area (Å²) >= 11 is 0. The number of rotatable bonds is 0. The molecule has 2 nitrogen and oxygen atoms in total. The first-order valence-corrected chi connectivity index (χ1v) is 3.34. The molecule has 0 fully saturated rings. The lowest BCUT2D eigenvalue weighted by atomic mass is 10.3. The zero-order chi connectivity index (χ0) is 8.55. The summed E-state index contributed by atoms with van der Waals surface area (Å²) in [5, 5.41) is 0.109. The maximum Gasteiger partial charge on any atom is 0.177 e. The van der Waals surface area contributed by atoms with Crippen molar-refractivity contribution in [1.82, 2.24) is 9.97 Å². The molecule has 0 unspecified atom stereocenters. The molecule has 0 bridgehead atoms. The normalized spacial score (nSPS) is 10.5. The average Bonchev–Trinajstić information content (AvgIpc) is 2.12. The van der Waals surface area contributed by atoms with Gasteiger partial charge in [-0.05, 0) is 12.1 Å². The summed E-state index contributed by atoms with van der Waals surface area (Å²) in [6, 6.07) is 2.97. The van der Waals surface area contributed by atoms with Crippen LogP contribution in [0.15, 0.2) is 24.5 Å². The summed E-state index contributed by atoms with van der Waals surface area (Å²) in [6.45, 7) is 0. The molecule has 0 saturated heterocycles. The van der Waals surface area contributed by atoms with Gasteiger partial charge in [0.25, 0.3) is 0 Å². The Kier molecular flexibility index (Phi) is 1.46. The minimum Gasteiger partial charge on any atom is -0.237 e. The highest BCUT2D eigenvalue weighted by atomic mass is 19.2. The lowest BCUT2D eigenvalue weighted by Crippen LogP contribution is -1.90. The van der Waals surface area contributed by atoms with E-state index < -0.39 is 11.6 Å². The molecule has 4 heteroatoms. The second-order valence-electron chi connectivity index (χ2n) is 2.29. The van der Waals surface area contributed by atoms with Crippen molar-refractivity contribution in [2.24, 2.45) is 0 Å². The molecule has 2 heterocycles. The number of halogens is 2. The van der Waals surface area contributed by atoms with Gasteiger partial charge in [0.2, 0.25) is 0 Å². The Hall–Kier alpha value is -1.58. The van der Waals surface area contributed by atoms with Gasteiger partial charge >= 0.3 is 0 Å². The van der Waals surface area contributed by atoms with Gasteiger partial charge in [-0.3, -0.25) is 0 Å². The molecule has 0 saturated carbocycles. The van der Waals surface area contributed by atoms with E-state index in [0.29, 0.717) is 0 Å². The molecule has 0 aliphatic heterocycles. The van der Waals surface area contributed by atoms with Crippen molar-refractivity contribution in [3.63, 3.8) is 0 Å². The molecule has 2 aromatic heterocycles. The zero-order valence-electron chi connectivity index (χ0n) is 5.96. The van der Waals surface area contributed by atoms with Crippen LogP contribution in [0.3, 0.4) is 0 Å². The van der Waals surface area contributed by atoms with Crippen molar-refractivity contribution in [1.29, 1.82) is 0 Å². The quantitative estimate of drug-likeness (QED) is 0.597. The first-order chi connectivity index (χ1) is 5.79. The molecule has 0 aliphatic carbocycles. The Balaban J connectivity index is 2.91. The second-order valence-corrected chi connectivity index (χ2v) is 2.29. The molecule has 12 heavy (non-hydrogen) atoms. The zero-order valence-corrected chi connectivity index (χ0v) is 5.96. The number of hydrogen-bond acceptors (Lipinski definition) is 2. The van der Waals surface area contributed by atoms with Crippen LogP contribution in [0.4, 0.5) is 8.78 Å². The first kappa shape index (κ1) is 7.09. The van der Waals surface area contributed by atoms with Crippen LogP contribution in [-0.2, 0) is 0 Å². The summed E-state index contributed by atoms with van der Waals surface area (Å²) in [6.07, 6.45) is 2.30. The van der Waals surface area contributed by atoms with Crippen LogP contribution in [0.5, 0.6) is 0 Å². The summed E-state index contributed by atoms with van der Waals surface area (Å²) in [5.74, 6) is -1.84. The highest BCUT2D eigenvalue weighted by Crippen LogP contribution is 2.14. The molecular formula is C8H4F2N2. The smallest absolute Gasteiger partial charge is 0.177 e. The summed E-state index contributed by atoms with van der Waals surface area (Å²) in [7, 11) is 0. The van der Waals surface area contributed by atoms with E-state index in [4.69, 9.17) is 0 Å². The van der Waals surface area contributed by atoms with E-state index in [1.165, 1.54) is 18.3 Å². The molecule has 0 atom stereocenters. The van der Waals surface area contributed by atoms with Crippen molar-refractivity contribution in [3.05, 3.63) is 36.2 Å². The van der Waals surface area contributed by atoms with E-state index in [-0.39, 0.29) is 11.0 Å². The first-order valence-electron chi connectivity index (χ1n) is 3.34. The lowest BCUT2D eigenvalue weighted by Gasteiger charge is -1.96. The maximum absolute atomic E-state index is 12.9. The molecule has 0 spiro atoms. The van der Waals surface area contributed by atoms with Gasteiger partial charge in [0.1, 0.15) is 0 Å². The average molecular weight is 166 g/mol. The van der Waals surface area contributed by atoms with E-state index in [1.54, 1.807) is 0 Å². The predicted molar refractivity (Wildman–Crippen MR) is 39.5 cm³/mol. The van der Waals surface area contributed by atoms with Crippen molar-refractivity contribution in [3.8, 4) is 0 Å². The maximum atomic E-state index is 12.9. The molecular weight excluding hydrogens is 162 g/mol. The van der Waals surface area contributed by atoms with Gasteiger partial charge in [-0.1, -0.05) is 0 Å². The molecule has 0 radical (unpaired) electrons. The fraction of sp³-hybridized carbons (Fsp3) is 0. The third kappa shape index (κ3) is 0.922. The fourth-order valence-electron chi connectivity index (χ4n) is 0.974. The van der Waals surface area contributed by atoms with Crippen LogP contribution in [0, 0.1) is 11.6 Å². The van der Waals surface area contributed by atoms with Crippen LogP contribution in [0.1, 0.15) is 0 Å². The lowest BCUT2D eigenvalue weighted by molar-refractivity contribution is 0.513. The van der Waals surface area contributed by atoms with Crippen molar-refractivity contribution >= 4 is 11.0 Å². The van der Waals surface area contributed by atoms with Gasteiger partial charge in [-0.2, -0.15) is 0 Å². The third-order valence-electron chi connectivity index (χ3n) is 1.53. The van der Waals surface area contributed by atoms with E-state index in [9.17, 15) is 8.78 Å². The van der Waals surface area contributed by atoms with E-state index in [2.05, 4.69) is 9.97 Å². The molecule has 60 valence electrons. The van der Waals surface area contributed by atoms with Gasteiger partial charge in [0.15, 0.2) is 17.3 Å². The van der Waals surface area contributed by atoms with Crippen molar-refractivity contribution in [2.75, 3.05) is 0 Å². The Morgan fingerprint density at radius 2 is 2.00 bits per heavy atom. The van der Waals surface area contributed by atoms with Crippen LogP contribution in [-0.4, -0.2) is 9.97 Å². The highest BCUT2D eigenvalue weighted by molar-refractivity contribution is 5.74. The van der Waals surface area contributed by atoms with E-state index in [0.717, 1.165) is 6.20 Å². The number of fused-ring (bicyclic) bond motifs is 1. The molecule has 2 rings (SSSR count). The standard InChI is InChI=1S/C8H4F2N2/c9-6-4-12-8-5(7(6)10)2-1-3-11-8/h1-4H. The number of nitrogens with zero attached hydrogens (tertiary/aromatic N) is 2. The van der Waals surface area contributed by atoms with Gasteiger partial charge in [0, 0.05) is 6.20 Å². The minimum absolute atomic E-state index is 0.109. The van der Waals surface area contributed by atoms with Crippen molar-refractivity contribution < 1.29 is 8.78 Å². The molecule has 0 amide bonds. The monoisotopic (exact) mass is 166 g/mol.